The minimum absolute atomic E-state index is 0.428. The lowest BCUT2D eigenvalue weighted by Crippen LogP contribution is -2.03. The molecule has 1 aromatic heterocycles. The van der Waals surface area contributed by atoms with E-state index >= 15 is 0 Å². The van der Waals surface area contributed by atoms with Crippen LogP contribution >= 0.6 is 0 Å². The number of allylic oxidation sites excluding steroid dienone is 2. The van der Waals surface area contributed by atoms with Gasteiger partial charge in [0, 0.05) is 18.3 Å². The van der Waals surface area contributed by atoms with E-state index in [1.54, 1.807) is 0 Å². The van der Waals surface area contributed by atoms with Gasteiger partial charge in [-0.05, 0) is 42.7 Å². The van der Waals surface area contributed by atoms with Crippen LogP contribution in [0.25, 0.3) is 10.9 Å². The Morgan fingerprint density at radius 2 is 1.89 bits per heavy atom. The summed E-state index contributed by atoms with van der Waals surface area (Å²) in [6, 6.07) is 10.8. The van der Waals surface area contributed by atoms with Gasteiger partial charge in [-0.3, -0.25) is 0 Å². The molecule has 1 heterocycles. The van der Waals surface area contributed by atoms with Crippen molar-refractivity contribution in [3.05, 3.63) is 48.2 Å². The second-order valence-corrected chi connectivity index (χ2v) is 6.65. The predicted octanol–water partition coefficient (Wildman–Crippen LogP) is 5.41. The standard InChI is InChI=1S/C18H25N/c1-15(8-7-12-18(2,3)4)14-19-13-11-16-9-5-6-10-17(16)19/h5-6,8-11,13H,7,12,14H2,1-4H3/b15-8+. The van der Waals surface area contributed by atoms with Crippen molar-refractivity contribution in [3.63, 3.8) is 0 Å². The van der Waals surface area contributed by atoms with Crippen molar-refractivity contribution >= 4 is 10.9 Å². The van der Waals surface area contributed by atoms with Gasteiger partial charge in [-0.15, -0.1) is 0 Å². The first-order valence-electron chi connectivity index (χ1n) is 7.15. The first-order valence-corrected chi connectivity index (χ1v) is 7.15. The van der Waals surface area contributed by atoms with Crippen LogP contribution in [0.2, 0.25) is 0 Å². The Kier molecular flexibility index (Phi) is 4.14. The molecule has 1 heteroatoms. The topological polar surface area (TPSA) is 4.93 Å². The third kappa shape index (κ3) is 3.99. The van der Waals surface area contributed by atoms with Gasteiger partial charge in [0.25, 0.3) is 0 Å². The van der Waals surface area contributed by atoms with Crippen LogP contribution < -0.4 is 0 Å². The maximum Gasteiger partial charge on any atom is 0.0483 e. The summed E-state index contributed by atoms with van der Waals surface area (Å²) in [5, 5.41) is 1.32. The fourth-order valence-electron chi connectivity index (χ4n) is 2.36. The first kappa shape index (κ1) is 13.9. The smallest absolute Gasteiger partial charge is 0.0483 e. The van der Waals surface area contributed by atoms with Gasteiger partial charge >= 0.3 is 0 Å². The highest BCUT2D eigenvalue weighted by Crippen LogP contribution is 2.22. The normalized spacial score (nSPS) is 13.2. The number of para-hydroxylation sites is 1. The lowest BCUT2D eigenvalue weighted by Gasteiger charge is -2.16. The summed E-state index contributed by atoms with van der Waals surface area (Å²) >= 11 is 0. The maximum atomic E-state index is 2.39. The molecule has 0 fully saturated rings. The van der Waals surface area contributed by atoms with Gasteiger partial charge in [0.2, 0.25) is 0 Å². The van der Waals surface area contributed by atoms with Gasteiger partial charge < -0.3 is 4.57 Å². The molecule has 0 saturated heterocycles. The lowest BCUT2D eigenvalue weighted by molar-refractivity contribution is 0.381. The van der Waals surface area contributed by atoms with Crippen molar-refractivity contribution in [2.24, 2.45) is 5.41 Å². The van der Waals surface area contributed by atoms with Gasteiger partial charge in [0.15, 0.2) is 0 Å². The number of hydrogen-bond acceptors (Lipinski definition) is 0. The average Bonchev–Trinajstić information content (AvgIpc) is 2.71. The van der Waals surface area contributed by atoms with Crippen molar-refractivity contribution in [2.75, 3.05) is 0 Å². The van der Waals surface area contributed by atoms with Crippen LogP contribution in [0.4, 0.5) is 0 Å². The third-order valence-corrected chi connectivity index (χ3v) is 3.49. The second kappa shape index (κ2) is 5.64. The van der Waals surface area contributed by atoms with Gasteiger partial charge in [0.1, 0.15) is 0 Å². The summed E-state index contributed by atoms with van der Waals surface area (Å²) < 4.78 is 2.33. The summed E-state index contributed by atoms with van der Waals surface area (Å²) in [6.45, 7) is 10.1. The predicted molar refractivity (Wildman–Crippen MR) is 84.4 cm³/mol. The largest absolute Gasteiger partial charge is 0.343 e. The average molecular weight is 255 g/mol. The van der Waals surface area contributed by atoms with Crippen molar-refractivity contribution < 1.29 is 0 Å². The van der Waals surface area contributed by atoms with Crippen molar-refractivity contribution in [1.29, 1.82) is 0 Å². The Balaban J connectivity index is 2.02. The number of hydrogen-bond donors (Lipinski definition) is 0. The Hall–Kier alpha value is -1.50. The molecular formula is C18H25N. The lowest BCUT2D eigenvalue weighted by atomic mass is 9.90. The number of benzene rings is 1. The van der Waals surface area contributed by atoms with E-state index in [-0.39, 0.29) is 0 Å². The quantitative estimate of drug-likeness (QED) is 0.643. The molecule has 2 aromatic rings. The van der Waals surface area contributed by atoms with Crippen molar-refractivity contribution in [1.82, 2.24) is 4.57 Å². The van der Waals surface area contributed by atoms with E-state index in [1.807, 2.05) is 0 Å². The molecule has 0 bridgehead atoms. The molecule has 102 valence electrons. The Morgan fingerprint density at radius 3 is 2.63 bits per heavy atom. The van der Waals surface area contributed by atoms with Crippen LogP contribution in [-0.2, 0) is 6.54 Å². The zero-order chi connectivity index (χ0) is 13.9. The van der Waals surface area contributed by atoms with E-state index < -0.39 is 0 Å². The van der Waals surface area contributed by atoms with Crippen LogP contribution in [0, 0.1) is 5.41 Å². The van der Waals surface area contributed by atoms with Gasteiger partial charge in [-0.25, -0.2) is 0 Å². The number of nitrogens with zero attached hydrogens (tertiary/aromatic N) is 1. The zero-order valence-electron chi connectivity index (χ0n) is 12.6. The Morgan fingerprint density at radius 1 is 1.16 bits per heavy atom. The van der Waals surface area contributed by atoms with Crippen molar-refractivity contribution in [2.45, 2.75) is 47.1 Å². The molecule has 0 aliphatic rings. The highest BCUT2D eigenvalue weighted by molar-refractivity contribution is 5.79. The summed E-state index contributed by atoms with van der Waals surface area (Å²) in [5.74, 6) is 0. The van der Waals surface area contributed by atoms with Gasteiger partial charge in [-0.2, -0.15) is 0 Å². The minimum atomic E-state index is 0.428. The molecule has 0 N–H and O–H groups in total. The summed E-state index contributed by atoms with van der Waals surface area (Å²) in [6.07, 6.45) is 7.00. The molecule has 2 rings (SSSR count). The molecule has 0 amide bonds. The molecule has 19 heavy (non-hydrogen) atoms. The summed E-state index contributed by atoms with van der Waals surface area (Å²) in [7, 11) is 0. The highest BCUT2D eigenvalue weighted by Gasteiger charge is 2.08. The monoisotopic (exact) mass is 255 g/mol. The van der Waals surface area contributed by atoms with E-state index in [4.69, 9.17) is 0 Å². The molecule has 0 spiro atoms. The van der Waals surface area contributed by atoms with Gasteiger partial charge in [-0.1, -0.05) is 50.6 Å². The maximum absolute atomic E-state index is 2.39. The summed E-state index contributed by atoms with van der Waals surface area (Å²) in [4.78, 5) is 0. The molecular weight excluding hydrogens is 230 g/mol. The van der Waals surface area contributed by atoms with Gasteiger partial charge in [0.05, 0.1) is 0 Å². The molecule has 0 radical (unpaired) electrons. The first-order chi connectivity index (χ1) is 8.96. The molecule has 0 atom stereocenters. The number of fused-ring (bicyclic) bond motifs is 1. The van der Waals surface area contributed by atoms with E-state index in [9.17, 15) is 0 Å². The molecule has 1 aromatic carbocycles. The van der Waals surface area contributed by atoms with Crippen molar-refractivity contribution in [3.8, 4) is 0 Å². The fraction of sp³-hybridized carbons (Fsp3) is 0.444. The van der Waals surface area contributed by atoms with E-state index in [2.05, 4.69) is 74.9 Å². The number of rotatable bonds is 4. The molecule has 1 nitrogen and oxygen atoms in total. The molecule has 0 aliphatic carbocycles. The summed E-state index contributed by atoms with van der Waals surface area (Å²) in [5.41, 5.74) is 3.20. The molecule has 0 aliphatic heterocycles. The SMILES string of the molecule is C/C(=C\CCC(C)(C)C)Cn1ccc2ccccc21. The van der Waals surface area contributed by atoms with E-state index in [0.717, 1.165) is 6.54 Å². The zero-order valence-corrected chi connectivity index (χ0v) is 12.6. The number of aromatic nitrogens is 1. The van der Waals surface area contributed by atoms with Crippen LogP contribution in [0.3, 0.4) is 0 Å². The molecule has 0 unspecified atom stereocenters. The van der Waals surface area contributed by atoms with Crippen LogP contribution in [0.1, 0.15) is 40.5 Å². The Labute approximate surface area is 116 Å². The molecule has 0 saturated carbocycles. The third-order valence-electron chi connectivity index (χ3n) is 3.49. The van der Waals surface area contributed by atoms with E-state index in [1.165, 1.54) is 29.3 Å². The van der Waals surface area contributed by atoms with Crippen LogP contribution in [-0.4, -0.2) is 4.57 Å². The minimum Gasteiger partial charge on any atom is -0.343 e. The van der Waals surface area contributed by atoms with Crippen LogP contribution in [0.5, 0.6) is 0 Å². The van der Waals surface area contributed by atoms with E-state index in [0.29, 0.717) is 5.41 Å². The highest BCUT2D eigenvalue weighted by atomic mass is 14.9. The second-order valence-electron chi connectivity index (χ2n) is 6.65. The fourth-order valence-corrected chi connectivity index (χ4v) is 2.36. The Bertz CT molecular complexity index is 567. The van der Waals surface area contributed by atoms with Crippen LogP contribution in [0.15, 0.2) is 48.2 Å².